The van der Waals surface area contributed by atoms with Crippen molar-refractivity contribution < 1.29 is 80.2 Å². The van der Waals surface area contributed by atoms with Gasteiger partial charge in [0, 0.05) is 25.7 Å². The molecular weight excluding hydrogens is 1310 g/mol. The van der Waals surface area contributed by atoms with Gasteiger partial charge in [0.2, 0.25) is 0 Å². The third-order valence-electron chi connectivity index (χ3n) is 19.3. The van der Waals surface area contributed by atoms with Crippen molar-refractivity contribution in [2.45, 2.75) is 445 Å². The molecule has 0 spiro atoms. The van der Waals surface area contributed by atoms with Gasteiger partial charge in [-0.2, -0.15) is 0 Å². The highest BCUT2D eigenvalue weighted by molar-refractivity contribution is 7.47. The Labute approximate surface area is 613 Å². The lowest BCUT2D eigenvalue weighted by molar-refractivity contribution is -0.161. The molecule has 0 rings (SSSR count). The van der Waals surface area contributed by atoms with Crippen LogP contribution in [0.2, 0.25) is 0 Å². The minimum Gasteiger partial charge on any atom is -0.462 e. The number of esters is 4. The Hall–Kier alpha value is -1.94. The average Bonchev–Trinajstić information content (AvgIpc) is 0.931. The van der Waals surface area contributed by atoms with Crippen molar-refractivity contribution in [3.63, 3.8) is 0 Å². The van der Waals surface area contributed by atoms with E-state index in [2.05, 4.69) is 41.5 Å². The Morgan fingerprint density at radius 3 is 0.760 bits per heavy atom. The number of ether oxygens (including phenoxy) is 4. The first kappa shape index (κ1) is 98.1. The normalized spacial score (nSPS) is 14.2. The van der Waals surface area contributed by atoms with Gasteiger partial charge in [0.15, 0.2) is 12.2 Å². The summed E-state index contributed by atoms with van der Waals surface area (Å²) in [6.45, 7) is 9.70. The van der Waals surface area contributed by atoms with E-state index in [1.165, 1.54) is 244 Å². The van der Waals surface area contributed by atoms with Gasteiger partial charge in [-0.25, -0.2) is 9.13 Å². The zero-order chi connectivity index (χ0) is 73.5. The maximum absolute atomic E-state index is 13.1. The molecule has 19 heteroatoms. The molecule has 17 nitrogen and oxygen atoms in total. The van der Waals surface area contributed by atoms with Crippen LogP contribution in [0.5, 0.6) is 0 Å². The summed E-state index contributed by atoms with van der Waals surface area (Å²) < 4.78 is 68.7. The average molecular weight is 1470 g/mol. The number of carbonyl (C=O) groups excluding carboxylic acids is 4. The maximum atomic E-state index is 13.1. The summed E-state index contributed by atoms with van der Waals surface area (Å²) in [5.41, 5.74) is 0. The third kappa shape index (κ3) is 73.0. The lowest BCUT2D eigenvalue weighted by Gasteiger charge is -2.21. The van der Waals surface area contributed by atoms with E-state index < -0.39 is 97.5 Å². The standard InChI is InChI=1S/C81H158O17P2/c1-7-10-12-14-16-18-19-27-35-41-47-53-59-65-80(85)97-76(69-91-78(83)63-57-51-45-37-17-15-13-11-8-2)71-95-99(87,88)93-67-75(82)68-94-100(89,90)96-72-77(70-92-79(84)64-58-52-46-40-34-31-26-28-32-38-43-49-55-61-73(4)5)98-81(86)66-60-54-48-42-36-30-25-23-21-20-22-24-29-33-39-44-50-56-62-74(6)9-3/h73-77,82H,7-72H2,1-6H3,(H,87,88)(H,89,90)/t74?,75-,76+,77+/m0/s1. The molecule has 0 aromatic rings. The zero-order valence-corrected chi connectivity index (χ0v) is 67.3. The summed E-state index contributed by atoms with van der Waals surface area (Å²) in [4.78, 5) is 72.9. The molecule has 0 aromatic heterocycles. The Morgan fingerprint density at radius 2 is 0.510 bits per heavy atom. The smallest absolute Gasteiger partial charge is 0.462 e. The summed E-state index contributed by atoms with van der Waals surface area (Å²) >= 11 is 0. The van der Waals surface area contributed by atoms with E-state index in [9.17, 15) is 43.2 Å². The highest BCUT2D eigenvalue weighted by Gasteiger charge is 2.30. The van der Waals surface area contributed by atoms with E-state index in [1.54, 1.807) is 0 Å². The fourth-order valence-corrected chi connectivity index (χ4v) is 14.1. The lowest BCUT2D eigenvalue weighted by Crippen LogP contribution is -2.30. The number of phosphoric acid groups is 2. The molecule has 0 aliphatic rings. The lowest BCUT2D eigenvalue weighted by atomic mass is 9.99. The van der Waals surface area contributed by atoms with E-state index >= 15 is 0 Å². The molecule has 100 heavy (non-hydrogen) atoms. The van der Waals surface area contributed by atoms with Crippen molar-refractivity contribution in [2.24, 2.45) is 11.8 Å². The number of aliphatic hydroxyl groups excluding tert-OH is 1. The number of hydrogen-bond acceptors (Lipinski definition) is 15. The Kier molecular flexibility index (Phi) is 71.2. The summed E-state index contributed by atoms with van der Waals surface area (Å²) in [5.74, 6) is -0.447. The summed E-state index contributed by atoms with van der Waals surface area (Å²) in [6, 6.07) is 0. The zero-order valence-electron chi connectivity index (χ0n) is 65.5. The van der Waals surface area contributed by atoms with E-state index in [0.29, 0.717) is 25.7 Å². The minimum atomic E-state index is -4.96. The molecule has 0 bridgehead atoms. The van der Waals surface area contributed by atoms with Crippen molar-refractivity contribution in [2.75, 3.05) is 39.6 Å². The fraction of sp³-hybridized carbons (Fsp3) is 0.951. The van der Waals surface area contributed by atoms with Gasteiger partial charge in [-0.1, -0.05) is 375 Å². The van der Waals surface area contributed by atoms with Gasteiger partial charge in [-0.15, -0.1) is 0 Å². The van der Waals surface area contributed by atoms with Crippen molar-refractivity contribution in [3.05, 3.63) is 0 Å². The first-order chi connectivity index (χ1) is 48.4. The molecule has 0 aliphatic carbocycles. The molecule has 0 radical (unpaired) electrons. The quantitative estimate of drug-likeness (QED) is 0.0222. The summed E-state index contributed by atoms with van der Waals surface area (Å²) in [7, 11) is -9.92. The van der Waals surface area contributed by atoms with Gasteiger partial charge in [-0.3, -0.25) is 37.3 Å². The molecular formula is C81H158O17P2. The molecule has 0 aromatic carbocycles. The molecule has 594 valence electrons. The van der Waals surface area contributed by atoms with E-state index in [4.69, 9.17) is 37.0 Å². The number of aliphatic hydroxyl groups is 1. The largest absolute Gasteiger partial charge is 0.472 e. The molecule has 0 fully saturated rings. The van der Waals surface area contributed by atoms with Gasteiger partial charge in [0.05, 0.1) is 26.4 Å². The van der Waals surface area contributed by atoms with E-state index in [0.717, 1.165) is 102 Å². The first-order valence-corrected chi connectivity index (χ1v) is 45.0. The monoisotopic (exact) mass is 1470 g/mol. The van der Waals surface area contributed by atoms with Crippen LogP contribution >= 0.6 is 15.6 Å². The Balaban J connectivity index is 5.20. The summed E-state index contributed by atoms with van der Waals surface area (Å²) in [5, 5.41) is 10.6. The number of rotatable bonds is 80. The van der Waals surface area contributed by atoms with Crippen LogP contribution in [0.4, 0.5) is 0 Å². The molecule has 0 saturated heterocycles. The van der Waals surface area contributed by atoms with Crippen LogP contribution in [0.3, 0.4) is 0 Å². The van der Waals surface area contributed by atoms with Crippen molar-refractivity contribution in [1.29, 1.82) is 0 Å². The third-order valence-corrected chi connectivity index (χ3v) is 21.2. The number of carbonyl (C=O) groups is 4. The van der Waals surface area contributed by atoms with Crippen LogP contribution in [-0.4, -0.2) is 96.7 Å². The van der Waals surface area contributed by atoms with Gasteiger partial charge in [0.25, 0.3) is 0 Å². The van der Waals surface area contributed by atoms with Crippen LogP contribution in [0, 0.1) is 11.8 Å². The molecule has 0 saturated carbocycles. The molecule has 0 amide bonds. The molecule has 3 unspecified atom stereocenters. The van der Waals surface area contributed by atoms with Crippen LogP contribution in [0.15, 0.2) is 0 Å². The van der Waals surface area contributed by atoms with Crippen LogP contribution in [-0.2, 0) is 65.4 Å². The SMILES string of the molecule is CCCCCCCCCCCCCCCC(=O)O[C@H](COC(=O)CCCCCCCCCCC)COP(=O)(O)OC[C@H](O)COP(=O)(O)OC[C@@H](COC(=O)CCCCCCCCCCCCCCCC(C)C)OC(=O)CCCCCCCCCCCCCCCCCCCCC(C)CC. The number of phosphoric ester groups is 2. The second-order valence-corrected chi connectivity index (χ2v) is 32.8. The van der Waals surface area contributed by atoms with Crippen LogP contribution < -0.4 is 0 Å². The maximum Gasteiger partial charge on any atom is 0.472 e. The van der Waals surface area contributed by atoms with Crippen molar-refractivity contribution in [3.8, 4) is 0 Å². The molecule has 6 atom stereocenters. The molecule has 0 heterocycles. The van der Waals surface area contributed by atoms with Gasteiger partial charge in [-0.05, 0) is 37.5 Å². The van der Waals surface area contributed by atoms with Crippen LogP contribution in [0.1, 0.15) is 427 Å². The van der Waals surface area contributed by atoms with Gasteiger partial charge < -0.3 is 33.8 Å². The predicted octanol–water partition coefficient (Wildman–Crippen LogP) is 24.3. The summed E-state index contributed by atoms with van der Waals surface area (Å²) in [6.07, 6.45) is 62.4. The fourth-order valence-electron chi connectivity index (χ4n) is 12.5. The molecule has 0 aliphatic heterocycles. The highest BCUT2D eigenvalue weighted by atomic mass is 31.2. The topological polar surface area (TPSA) is 237 Å². The van der Waals surface area contributed by atoms with Crippen molar-refractivity contribution >= 4 is 39.5 Å². The predicted molar refractivity (Wildman–Crippen MR) is 409 cm³/mol. The first-order valence-electron chi connectivity index (χ1n) is 42.0. The second-order valence-electron chi connectivity index (χ2n) is 29.9. The Bertz CT molecular complexity index is 1930. The van der Waals surface area contributed by atoms with Crippen molar-refractivity contribution in [1.82, 2.24) is 0 Å². The van der Waals surface area contributed by atoms with Crippen LogP contribution in [0.25, 0.3) is 0 Å². The minimum absolute atomic E-state index is 0.108. The highest BCUT2D eigenvalue weighted by Crippen LogP contribution is 2.45. The van der Waals surface area contributed by atoms with Gasteiger partial charge in [0.1, 0.15) is 19.3 Å². The second kappa shape index (κ2) is 72.6. The van der Waals surface area contributed by atoms with Gasteiger partial charge >= 0.3 is 39.5 Å². The molecule has 3 N–H and O–H groups in total. The van der Waals surface area contributed by atoms with E-state index in [-0.39, 0.29) is 25.7 Å². The van der Waals surface area contributed by atoms with E-state index in [1.807, 2.05) is 0 Å². The number of unbranched alkanes of at least 4 members (excludes halogenated alkanes) is 49. The Morgan fingerprint density at radius 1 is 0.290 bits per heavy atom. The number of hydrogen-bond donors (Lipinski definition) is 3.